The van der Waals surface area contributed by atoms with Gasteiger partial charge in [-0.05, 0) is 42.7 Å². The SMILES string of the molecule is COc1ccc([C@@H]2CCCN2C(=O)CNC(=O)c2ccccc2)cc1OC. The lowest BCUT2D eigenvalue weighted by Crippen LogP contribution is -2.39. The number of rotatable bonds is 6. The molecule has 2 amide bonds. The van der Waals surface area contributed by atoms with E-state index in [2.05, 4.69) is 5.32 Å². The van der Waals surface area contributed by atoms with Gasteiger partial charge >= 0.3 is 0 Å². The molecule has 0 aromatic heterocycles. The van der Waals surface area contributed by atoms with E-state index >= 15 is 0 Å². The maximum Gasteiger partial charge on any atom is 0.251 e. The molecule has 1 fully saturated rings. The second-order valence-electron chi connectivity index (χ2n) is 6.41. The molecule has 0 saturated carbocycles. The summed E-state index contributed by atoms with van der Waals surface area (Å²) in [4.78, 5) is 26.7. The number of nitrogens with zero attached hydrogens (tertiary/aromatic N) is 1. The van der Waals surface area contributed by atoms with Crippen LogP contribution in [0.2, 0.25) is 0 Å². The van der Waals surface area contributed by atoms with E-state index in [9.17, 15) is 9.59 Å². The number of hydrogen-bond acceptors (Lipinski definition) is 4. The second kappa shape index (κ2) is 8.58. The summed E-state index contributed by atoms with van der Waals surface area (Å²) < 4.78 is 10.7. The van der Waals surface area contributed by atoms with Crippen LogP contribution in [0.15, 0.2) is 48.5 Å². The summed E-state index contributed by atoms with van der Waals surface area (Å²) >= 11 is 0. The van der Waals surface area contributed by atoms with E-state index in [0.29, 0.717) is 23.6 Å². The molecule has 0 radical (unpaired) electrons. The van der Waals surface area contributed by atoms with Crippen molar-refractivity contribution in [2.24, 2.45) is 0 Å². The highest BCUT2D eigenvalue weighted by atomic mass is 16.5. The molecule has 2 aromatic carbocycles. The van der Waals surface area contributed by atoms with Crippen molar-refractivity contribution in [3.8, 4) is 11.5 Å². The van der Waals surface area contributed by atoms with Crippen LogP contribution in [0.4, 0.5) is 0 Å². The van der Waals surface area contributed by atoms with Crippen molar-refractivity contribution >= 4 is 11.8 Å². The third kappa shape index (κ3) is 4.22. The van der Waals surface area contributed by atoms with Gasteiger partial charge in [-0.1, -0.05) is 24.3 Å². The van der Waals surface area contributed by atoms with Crippen molar-refractivity contribution in [2.75, 3.05) is 27.3 Å². The molecule has 142 valence electrons. The van der Waals surface area contributed by atoms with Crippen LogP contribution in [0.3, 0.4) is 0 Å². The lowest BCUT2D eigenvalue weighted by Gasteiger charge is -2.26. The summed E-state index contributed by atoms with van der Waals surface area (Å²) in [5, 5.41) is 2.71. The number of amides is 2. The summed E-state index contributed by atoms with van der Waals surface area (Å²) in [7, 11) is 3.19. The Hall–Kier alpha value is -3.02. The predicted octanol–water partition coefficient (Wildman–Crippen LogP) is 2.80. The van der Waals surface area contributed by atoms with E-state index in [-0.39, 0.29) is 24.4 Å². The first-order valence-corrected chi connectivity index (χ1v) is 8.98. The average molecular weight is 368 g/mol. The van der Waals surface area contributed by atoms with Crippen LogP contribution >= 0.6 is 0 Å². The molecule has 1 saturated heterocycles. The molecule has 3 rings (SSSR count). The topological polar surface area (TPSA) is 67.9 Å². The van der Waals surface area contributed by atoms with E-state index in [1.807, 2.05) is 29.2 Å². The molecule has 27 heavy (non-hydrogen) atoms. The first kappa shape index (κ1) is 18.8. The Morgan fingerprint density at radius 2 is 1.81 bits per heavy atom. The molecule has 1 aliphatic heterocycles. The zero-order chi connectivity index (χ0) is 19.2. The number of hydrogen-bond donors (Lipinski definition) is 1. The molecule has 0 unspecified atom stereocenters. The monoisotopic (exact) mass is 368 g/mol. The highest BCUT2D eigenvalue weighted by Crippen LogP contribution is 2.36. The Bertz CT molecular complexity index is 807. The zero-order valence-corrected chi connectivity index (χ0v) is 15.6. The molecule has 1 atom stereocenters. The molecule has 1 heterocycles. The van der Waals surface area contributed by atoms with Crippen LogP contribution in [0.1, 0.15) is 34.8 Å². The van der Waals surface area contributed by atoms with Crippen molar-refractivity contribution in [1.29, 1.82) is 0 Å². The fourth-order valence-corrected chi connectivity index (χ4v) is 3.42. The number of likely N-dealkylation sites (tertiary alicyclic amines) is 1. The first-order valence-electron chi connectivity index (χ1n) is 8.98. The van der Waals surface area contributed by atoms with E-state index in [1.54, 1.807) is 38.5 Å². The van der Waals surface area contributed by atoms with Crippen LogP contribution in [-0.2, 0) is 4.79 Å². The van der Waals surface area contributed by atoms with E-state index in [1.165, 1.54) is 0 Å². The number of benzene rings is 2. The van der Waals surface area contributed by atoms with Crippen LogP contribution < -0.4 is 14.8 Å². The third-order valence-electron chi connectivity index (χ3n) is 4.80. The number of carbonyl (C=O) groups excluding carboxylic acids is 2. The summed E-state index contributed by atoms with van der Waals surface area (Å²) in [5.41, 5.74) is 1.55. The Morgan fingerprint density at radius 1 is 1.07 bits per heavy atom. The molecule has 0 spiro atoms. The summed E-state index contributed by atoms with van der Waals surface area (Å²) in [6, 6.07) is 14.6. The fraction of sp³-hybridized carbons (Fsp3) is 0.333. The maximum atomic E-state index is 12.7. The molecule has 1 N–H and O–H groups in total. The van der Waals surface area contributed by atoms with Gasteiger partial charge in [0.05, 0.1) is 26.8 Å². The van der Waals surface area contributed by atoms with E-state index in [0.717, 1.165) is 18.4 Å². The number of ether oxygens (including phenoxy) is 2. The highest BCUT2D eigenvalue weighted by Gasteiger charge is 2.30. The Morgan fingerprint density at radius 3 is 2.52 bits per heavy atom. The van der Waals surface area contributed by atoms with Crippen molar-refractivity contribution in [2.45, 2.75) is 18.9 Å². The zero-order valence-electron chi connectivity index (χ0n) is 15.6. The first-order chi connectivity index (χ1) is 13.1. The van der Waals surface area contributed by atoms with Crippen LogP contribution in [0, 0.1) is 0 Å². The van der Waals surface area contributed by atoms with E-state index < -0.39 is 0 Å². The predicted molar refractivity (Wildman–Crippen MR) is 102 cm³/mol. The minimum Gasteiger partial charge on any atom is -0.493 e. The lowest BCUT2D eigenvalue weighted by molar-refractivity contribution is -0.131. The van der Waals surface area contributed by atoms with E-state index in [4.69, 9.17) is 9.47 Å². The average Bonchev–Trinajstić information content (AvgIpc) is 3.21. The Labute approximate surface area is 159 Å². The van der Waals surface area contributed by atoms with Gasteiger partial charge in [-0.25, -0.2) is 0 Å². The van der Waals surface area contributed by atoms with Gasteiger partial charge in [-0.3, -0.25) is 9.59 Å². The minimum atomic E-state index is -0.245. The van der Waals surface area contributed by atoms with Gasteiger partial charge in [0.1, 0.15) is 0 Å². The van der Waals surface area contributed by atoms with Crippen LogP contribution in [0.5, 0.6) is 11.5 Å². The molecule has 6 heteroatoms. The van der Waals surface area contributed by atoms with Crippen molar-refractivity contribution in [3.63, 3.8) is 0 Å². The summed E-state index contributed by atoms with van der Waals surface area (Å²) in [6.07, 6.45) is 1.81. The van der Waals surface area contributed by atoms with Gasteiger partial charge in [-0.15, -0.1) is 0 Å². The molecular weight excluding hydrogens is 344 g/mol. The van der Waals surface area contributed by atoms with Gasteiger partial charge in [0.25, 0.3) is 5.91 Å². The number of methoxy groups -OCH3 is 2. The summed E-state index contributed by atoms with van der Waals surface area (Å²) in [6.45, 7) is 0.663. The van der Waals surface area contributed by atoms with Gasteiger partial charge < -0.3 is 19.7 Å². The normalized spacial score (nSPS) is 16.1. The molecule has 2 aromatic rings. The van der Waals surface area contributed by atoms with Crippen molar-refractivity contribution in [3.05, 3.63) is 59.7 Å². The van der Waals surface area contributed by atoms with Gasteiger partial charge in [0.2, 0.25) is 5.91 Å². The Kier molecular flexibility index (Phi) is 5.96. The number of carbonyl (C=O) groups is 2. The minimum absolute atomic E-state index is 0.0164. The van der Waals surface area contributed by atoms with Gasteiger partial charge in [-0.2, -0.15) is 0 Å². The lowest BCUT2D eigenvalue weighted by atomic mass is 10.0. The smallest absolute Gasteiger partial charge is 0.251 e. The number of nitrogens with one attached hydrogen (secondary N) is 1. The molecular formula is C21H24N2O4. The fourth-order valence-electron chi connectivity index (χ4n) is 3.42. The van der Waals surface area contributed by atoms with Crippen molar-refractivity contribution < 1.29 is 19.1 Å². The molecule has 0 bridgehead atoms. The van der Waals surface area contributed by atoms with Crippen LogP contribution in [0.25, 0.3) is 0 Å². The maximum absolute atomic E-state index is 12.7. The van der Waals surface area contributed by atoms with Crippen LogP contribution in [-0.4, -0.2) is 44.0 Å². The molecule has 0 aliphatic carbocycles. The molecule has 1 aliphatic rings. The molecule has 6 nitrogen and oxygen atoms in total. The highest BCUT2D eigenvalue weighted by molar-refractivity contribution is 5.96. The van der Waals surface area contributed by atoms with Crippen molar-refractivity contribution in [1.82, 2.24) is 10.2 Å². The third-order valence-corrected chi connectivity index (χ3v) is 4.80. The second-order valence-corrected chi connectivity index (χ2v) is 6.41. The largest absolute Gasteiger partial charge is 0.493 e. The summed E-state index contributed by atoms with van der Waals surface area (Å²) in [5.74, 6) is 0.973. The van der Waals surface area contributed by atoms with Gasteiger partial charge in [0, 0.05) is 12.1 Å². The quantitative estimate of drug-likeness (QED) is 0.851. The standard InChI is InChI=1S/C21H24N2O4/c1-26-18-11-10-16(13-19(18)27-2)17-9-6-12-23(17)20(24)14-22-21(25)15-7-4-3-5-8-15/h3-5,7-8,10-11,13,17H,6,9,12,14H2,1-2H3,(H,22,25)/t17-/m0/s1. The van der Waals surface area contributed by atoms with Gasteiger partial charge in [0.15, 0.2) is 11.5 Å². The Balaban J connectivity index is 1.67.